The number of allylic oxidation sites excluding steroid dienone is 5. The van der Waals surface area contributed by atoms with Crippen LogP contribution in [0.25, 0.3) is 0 Å². The highest BCUT2D eigenvalue weighted by Crippen LogP contribution is 2.62. The van der Waals surface area contributed by atoms with E-state index in [1.807, 2.05) is 0 Å². The minimum absolute atomic E-state index is 0.0270. The monoisotopic (exact) mass is 693 g/mol. The van der Waals surface area contributed by atoms with Crippen molar-refractivity contribution in [1.29, 1.82) is 0 Å². The van der Waals surface area contributed by atoms with E-state index in [0.717, 1.165) is 12.8 Å². The maximum absolute atomic E-state index is 2.89. The highest BCUT2D eigenvalue weighted by atomic mass is 15.3. The molecule has 1 fully saturated rings. The van der Waals surface area contributed by atoms with Crippen LogP contribution in [0.3, 0.4) is 0 Å². The number of aryl methyl sites for hydroxylation is 3. The van der Waals surface area contributed by atoms with Gasteiger partial charge < -0.3 is 14.7 Å². The largest absolute Gasteiger partial charge is 0.335 e. The van der Waals surface area contributed by atoms with Crippen LogP contribution in [-0.2, 0) is 5.41 Å². The standard InChI is InChI=1S/C49H52BN3/c1-31-15-14-18-36(25-31)51-43-28-32(2)21-22-39(43)50-40-27-33(3)26-38-47(40)53(49(7)24-13-12-23-48(38,49)6)45-30-37(29-44(51)46(45)50)52(41-19-10-8-16-34(41)4)42-20-11-9-17-35(42)5/h8,10-11,14-16,18-22,25-30,34,41H,9,12-13,17,23-24H2,1-7H3. The number of benzene rings is 4. The molecule has 0 N–H and O–H groups in total. The summed E-state index contributed by atoms with van der Waals surface area (Å²) in [7, 11) is 0. The second-order valence-electron chi connectivity index (χ2n) is 17.6. The quantitative estimate of drug-likeness (QED) is 0.174. The lowest BCUT2D eigenvalue weighted by molar-refractivity contribution is 0.195. The van der Waals surface area contributed by atoms with E-state index in [1.54, 1.807) is 5.56 Å². The molecule has 266 valence electrons. The van der Waals surface area contributed by atoms with Crippen molar-refractivity contribution in [1.82, 2.24) is 0 Å². The molecule has 0 saturated heterocycles. The van der Waals surface area contributed by atoms with Gasteiger partial charge in [-0.1, -0.05) is 99.0 Å². The zero-order valence-electron chi connectivity index (χ0n) is 32.6. The van der Waals surface area contributed by atoms with Gasteiger partial charge in [0.15, 0.2) is 0 Å². The fourth-order valence-corrected chi connectivity index (χ4v) is 11.3. The van der Waals surface area contributed by atoms with Gasteiger partial charge in [-0.2, -0.15) is 0 Å². The topological polar surface area (TPSA) is 9.72 Å². The summed E-state index contributed by atoms with van der Waals surface area (Å²) in [5, 5.41) is 0. The number of hydrogen-bond acceptors (Lipinski definition) is 3. The van der Waals surface area contributed by atoms with Gasteiger partial charge in [-0.05, 0) is 141 Å². The highest BCUT2D eigenvalue weighted by molar-refractivity contribution is 7.00. The third-order valence-electron chi connectivity index (χ3n) is 14.2. The Hall–Kier alpha value is -4.70. The molecule has 4 atom stereocenters. The zero-order valence-corrected chi connectivity index (χ0v) is 32.6. The number of anilines is 6. The normalized spacial score (nSPS) is 26.1. The molecule has 10 rings (SSSR count). The van der Waals surface area contributed by atoms with Gasteiger partial charge in [0.25, 0.3) is 6.71 Å². The first kappa shape index (κ1) is 32.9. The van der Waals surface area contributed by atoms with Crippen LogP contribution in [0.15, 0.2) is 114 Å². The van der Waals surface area contributed by atoms with E-state index in [0.29, 0.717) is 5.92 Å². The Bertz CT molecular complexity index is 2340. The molecule has 0 bridgehead atoms. The van der Waals surface area contributed by atoms with Crippen molar-refractivity contribution >= 4 is 57.2 Å². The fourth-order valence-electron chi connectivity index (χ4n) is 11.3. The van der Waals surface area contributed by atoms with E-state index in [2.05, 4.69) is 166 Å². The maximum Gasteiger partial charge on any atom is 0.252 e. The predicted molar refractivity (Wildman–Crippen MR) is 228 cm³/mol. The first-order valence-electron chi connectivity index (χ1n) is 20.2. The molecule has 4 heteroatoms. The molecule has 3 aliphatic heterocycles. The number of hydrogen-bond donors (Lipinski definition) is 0. The second-order valence-corrected chi connectivity index (χ2v) is 17.6. The summed E-state index contributed by atoms with van der Waals surface area (Å²) in [6, 6.07) is 26.9. The van der Waals surface area contributed by atoms with E-state index in [-0.39, 0.29) is 23.7 Å². The molecule has 0 spiro atoms. The van der Waals surface area contributed by atoms with Crippen LogP contribution < -0.4 is 31.1 Å². The Kier molecular flexibility index (Phi) is 7.24. The van der Waals surface area contributed by atoms with Crippen molar-refractivity contribution in [3.8, 4) is 0 Å². The van der Waals surface area contributed by atoms with Crippen LogP contribution in [0.2, 0.25) is 0 Å². The zero-order chi connectivity index (χ0) is 36.4. The summed E-state index contributed by atoms with van der Waals surface area (Å²) >= 11 is 0. The second kappa shape index (κ2) is 11.7. The van der Waals surface area contributed by atoms with Crippen molar-refractivity contribution in [3.05, 3.63) is 137 Å². The number of rotatable bonds is 4. The average Bonchev–Trinajstić information content (AvgIpc) is 3.35. The predicted octanol–water partition coefficient (Wildman–Crippen LogP) is 10.5. The molecule has 53 heavy (non-hydrogen) atoms. The highest BCUT2D eigenvalue weighted by Gasteiger charge is 2.61. The molecule has 4 unspecified atom stereocenters. The Morgan fingerprint density at radius 3 is 2.38 bits per heavy atom. The Balaban J connectivity index is 1.34. The molecule has 0 aromatic heterocycles. The molecule has 4 aromatic rings. The summed E-state index contributed by atoms with van der Waals surface area (Å²) in [6.45, 7) is 16.9. The van der Waals surface area contributed by atoms with Crippen LogP contribution in [0.5, 0.6) is 0 Å². The summed E-state index contributed by atoms with van der Waals surface area (Å²) in [4.78, 5) is 8.20. The smallest absolute Gasteiger partial charge is 0.252 e. The van der Waals surface area contributed by atoms with Crippen molar-refractivity contribution in [2.45, 2.75) is 104 Å². The minimum Gasteiger partial charge on any atom is -0.335 e. The lowest BCUT2D eigenvalue weighted by Crippen LogP contribution is -2.64. The lowest BCUT2D eigenvalue weighted by Gasteiger charge is -2.53. The SMILES string of the molecule is CC1=C(N(c2cc3c4c(c2)N2c5c(cc(C)cc5C5(C)CCCCC25C)B4c2ccc(C)cc2N3c2cccc(C)c2)C2C=CC=CC2C)C=CCC1. The van der Waals surface area contributed by atoms with Crippen LogP contribution in [0.1, 0.15) is 88.5 Å². The first-order chi connectivity index (χ1) is 25.6. The molecule has 3 nitrogen and oxygen atoms in total. The molecule has 0 radical (unpaired) electrons. The lowest BCUT2D eigenvalue weighted by atomic mass is 9.33. The molecule has 3 heterocycles. The van der Waals surface area contributed by atoms with E-state index in [9.17, 15) is 0 Å². The van der Waals surface area contributed by atoms with Gasteiger partial charge in [-0.3, -0.25) is 0 Å². The van der Waals surface area contributed by atoms with Gasteiger partial charge in [-0.15, -0.1) is 0 Å². The van der Waals surface area contributed by atoms with Crippen LogP contribution in [0.4, 0.5) is 34.1 Å². The molecule has 6 aliphatic rings. The third-order valence-corrected chi connectivity index (χ3v) is 14.2. The first-order valence-corrected chi connectivity index (χ1v) is 20.2. The number of nitrogens with zero attached hydrogens (tertiary/aromatic N) is 3. The van der Waals surface area contributed by atoms with Gasteiger partial charge in [0, 0.05) is 45.2 Å². The molecule has 4 aromatic carbocycles. The van der Waals surface area contributed by atoms with E-state index < -0.39 is 0 Å². The van der Waals surface area contributed by atoms with E-state index >= 15 is 0 Å². The van der Waals surface area contributed by atoms with Gasteiger partial charge in [-0.25, -0.2) is 0 Å². The van der Waals surface area contributed by atoms with Gasteiger partial charge in [0.05, 0.1) is 11.6 Å². The van der Waals surface area contributed by atoms with Crippen molar-refractivity contribution in [2.75, 3.05) is 14.7 Å². The van der Waals surface area contributed by atoms with Crippen LogP contribution in [0, 0.1) is 26.7 Å². The summed E-state index contributed by atoms with van der Waals surface area (Å²) in [6.07, 6.45) is 21.3. The molecule has 0 amide bonds. The van der Waals surface area contributed by atoms with Gasteiger partial charge in [0.2, 0.25) is 0 Å². The van der Waals surface area contributed by atoms with Crippen LogP contribution >= 0.6 is 0 Å². The van der Waals surface area contributed by atoms with E-state index in [4.69, 9.17) is 0 Å². The fraction of sp³-hybridized carbons (Fsp3) is 0.347. The van der Waals surface area contributed by atoms with Crippen molar-refractivity contribution in [3.63, 3.8) is 0 Å². The maximum atomic E-state index is 2.89. The third kappa shape index (κ3) is 4.54. The van der Waals surface area contributed by atoms with Gasteiger partial charge in [0.1, 0.15) is 0 Å². The molecular weight excluding hydrogens is 641 g/mol. The summed E-state index contributed by atoms with van der Waals surface area (Å²) in [5.41, 5.74) is 20.8. The van der Waals surface area contributed by atoms with Crippen molar-refractivity contribution < 1.29 is 0 Å². The Morgan fingerprint density at radius 2 is 1.57 bits per heavy atom. The van der Waals surface area contributed by atoms with Gasteiger partial charge >= 0.3 is 0 Å². The molecular formula is C49H52BN3. The van der Waals surface area contributed by atoms with Crippen molar-refractivity contribution in [2.24, 2.45) is 5.92 Å². The Morgan fingerprint density at radius 1 is 0.774 bits per heavy atom. The Labute approximate surface area is 317 Å². The number of fused-ring (bicyclic) bond motifs is 7. The van der Waals surface area contributed by atoms with E-state index in [1.165, 1.54) is 104 Å². The summed E-state index contributed by atoms with van der Waals surface area (Å²) in [5.74, 6) is 0.369. The van der Waals surface area contributed by atoms with Crippen LogP contribution in [-0.4, -0.2) is 18.3 Å². The summed E-state index contributed by atoms with van der Waals surface area (Å²) < 4.78 is 0. The minimum atomic E-state index is -0.0270. The molecule has 3 aliphatic carbocycles. The average molecular weight is 694 g/mol. The molecule has 1 saturated carbocycles.